The average Bonchev–Trinajstić information content (AvgIpc) is 2.65. The summed E-state index contributed by atoms with van der Waals surface area (Å²) in [5, 5.41) is 15.7. The SMILES string of the molecule is COc1ccc(NC(=O)C[C@H]([NH2+]CCC[NH+]2CCOCC2)C(=O)[O-])cc1. The Hall–Kier alpha value is -2.16. The van der Waals surface area contributed by atoms with E-state index in [0.29, 0.717) is 18.0 Å². The molecule has 1 aromatic rings. The minimum absolute atomic E-state index is 0.126. The van der Waals surface area contributed by atoms with Gasteiger partial charge in [0.2, 0.25) is 5.91 Å². The molecule has 0 bridgehead atoms. The quantitative estimate of drug-likeness (QED) is 0.383. The van der Waals surface area contributed by atoms with Gasteiger partial charge in [0.25, 0.3) is 0 Å². The predicted molar refractivity (Wildman–Crippen MR) is 92.8 cm³/mol. The Balaban J connectivity index is 1.71. The number of carboxylic acids is 1. The van der Waals surface area contributed by atoms with Crippen LogP contribution in [0.3, 0.4) is 0 Å². The Bertz CT molecular complexity index is 573. The standard InChI is InChI=1S/C18H27N3O5/c1-25-15-5-3-14(4-6-15)20-17(22)13-16(18(23)24)19-7-2-8-21-9-11-26-12-10-21/h3-6,16,19H,2,7-13H2,1H3,(H,20,22)(H,23,24)/p+1/t16-/m0/s1. The van der Waals surface area contributed by atoms with Crippen LogP contribution in [-0.4, -0.2) is 64.4 Å². The van der Waals surface area contributed by atoms with E-state index in [1.165, 1.54) is 4.90 Å². The zero-order valence-electron chi connectivity index (χ0n) is 15.2. The molecule has 1 heterocycles. The number of hydrogen-bond donors (Lipinski definition) is 3. The maximum atomic E-state index is 12.1. The number of anilines is 1. The molecule has 0 aliphatic carbocycles. The fourth-order valence-electron chi connectivity index (χ4n) is 2.93. The minimum atomic E-state index is -1.21. The summed E-state index contributed by atoms with van der Waals surface area (Å²) in [4.78, 5) is 24.9. The fourth-order valence-corrected chi connectivity index (χ4v) is 2.93. The Morgan fingerprint density at radius 2 is 2.00 bits per heavy atom. The van der Waals surface area contributed by atoms with Crippen molar-refractivity contribution in [3.8, 4) is 5.75 Å². The Kier molecular flexibility index (Phi) is 8.33. The van der Waals surface area contributed by atoms with Gasteiger partial charge < -0.3 is 34.9 Å². The van der Waals surface area contributed by atoms with Crippen LogP contribution < -0.4 is 25.4 Å². The average molecular weight is 366 g/mol. The van der Waals surface area contributed by atoms with Crippen LogP contribution in [-0.2, 0) is 14.3 Å². The van der Waals surface area contributed by atoms with E-state index in [9.17, 15) is 14.7 Å². The molecular weight excluding hydrogens is 338 g/mol. The zero-order chi connectivity index (χ0) is 18.8. The van der Waals surface area contributed by atoms with E-state index in [2.05, 4.69) is 5.32 Å². The summed E-state index contributed by atoms with van der Waals surface area (Å²) in [6, 6.07) is 5.99. The molecule has 0 saturated carbocycles. The Labute approximate surface area is 153 Å². The number of hydrogen-bond acceptors (Lipinski definition) is 5. The zero-order valence-corrected chi connectivity index (χ0v) is 15.2. The van der Waals surface area contributed by atoms with Crippen molar-refractivity contribution >= 4 is 17.6 Å². The summed E-state index contributed by atoms with van der Waals surface area (Å²) in [6.07, 6.45) is 0.762. The van der Waals surface area contributed by atoms with Crippen LogP contribution >= 0.6 is 0 Å². The lowest BCUT2D eigenvalue weighted by Crippen LogP contribution is -3.14. The number of aliphatic carboxylic acids is 1. The fraction of sp³-hybridized carbons (Fsp3) is 0.556. The highest BCUT2D eigenvalue weighted by atomic mass is 16.5. The summed E-state index contributed by atoms with van der Waals surface area (Å²) in [6.45, 7) is 5.19. The molecule has 4 N–H and O–H groups in total. The van der Waals surface area contributed by atoms with Gasteiger partial charge in [-0.2, -0.15) is 0 Å². The molecule has 26 heavy (non-hydrogen) atoms. The maximum absolute atomic E-state index is 12.1. The second kappa shape index (κ2) is 10.7. The molecule has 0 radical (unpaired) electrons. The van der Waals surface area contributed by atoms with E-state index in [-0.39, 0.29) is 12.3 Å². The first kappa shape index (κ1) is 20.2. The van der Waals surface area contributed by atoms with Gasteiger partial charge in [0.1, 0.15) is 24.9 Å². The van der Waals surface area contributed by atoms with Gasteiger partial charge >= 0.3 is 0 Å². The second-order valence-corrected chi connectivity index (χ2v) is 6.40. The number of carboxylic acid groups (broad SMARTS) is 1. The molecule has 1 amide bonds. The third-order valence-corrected chi connectivity index (χ3v) is 4.47. The van der Waals surface area contributed by atoms with E-state index >= 15 is 0 Å². The third kappa shape index (κ3) is 6.99. The van der Waals surface area contributed by atoms with Crippen molar-refractivity contribution in [2.45, 2.75) is 18.9 Å². The molecule has 1 fully saturated rings. The molecule has 0 aromatic heterocycles. The monoisotopic (exact) mass is 366 g/mol. The van der Waals surface area contributed by atoms with Gasteiger partial charge in [-0.3, -0.25) is 4.79 Å². The minimum Gasteiger partial charge on any atom is -0.544 e. The number of nitrogens with one attached hydrogen (secondary N) is 2. The molecule has 1 aromatic carbocycles. The first-order valence-corrected chi connectivity index (χ1v) is 8.98. The van der Waals surface area contributed by atoms with E-state index in [0.717, 1.165) is 39.3 Å². The molecule has 1 aliphatic heterocycles. The molecular formula is C18H28N3O5+. The van der Waals surface area contributed by atoms with Crippen LogP contribution in [0.1, 0.15) is 12.8 Å². The number of carbonyl (C=O) groups excluding carboxylic acids is 2. The van der Waals surface area contributed by atoms with Crippen molar-refractivity contribution in [2.75, 3.05) is 51.8 Å². The molecule has 0 spiro atoms. The highest BCUT2D eigenvalue weighted by molar-refractivity contribution is 5.93. The van der Waals surface area contributed by atoms with Crippen LogP contribution in [0.25, 0.3) is 0 Å². The maximum Gasteiger partial charge on any atom is 0.230 e. The highest BCUT2D eigenvalue weighted by Gasteiger charge is 2.19. The Morgan fingerprint density at radius 1 is 1.31 bits per heavy atom. The van der Waals surface area contributed by atoms with Crippen LogP contribution in [0.2, 0.25) is 0 Å². The smallest absolute Gasteiger partial charge is 0.230 e. The van der Waals surface area contributed by atoms with Crippen molar-refractivity contribution in [3.63, 3.8) is 0 Å². The number of nitrogens with two attached hydrogens (primary N) is 1. The first-order valence-electron chi connectivity index (χ1n) is 8.98. The van der Waals surface area contributed by atoms with Gasteiger partial charge in [-0.05, 0) is 24.3 Å². The molecule has 1 atom stereocenters. The van der Waals surface area contributed by atoms with Crippen molar-refractivity contribution in [1.82, 2.24) is 0 Å². The van der Waals surface area contributed by atoms with Crippen molar-refractivity contribution in [1.29, 1.82) is 0 Å². The van der Waals surface area contributed by atoms with E-state index in [4.69, 9.17) is 9.47 Å². The predicted octanol–water partition coefficient (Wildman–Crippen LogP) is -2.99. The Morgan fingerprint density at radius 3 is 2.62 bits per heavy atom. The molecule has 8 heteroatoms. The van der Waals surface area contributed by atoms with Gasteiger partial charge in [-0.25, -0.2) is 0 Å². The highest BCUT2D eigenvalue weighted by Crippen LogP contribution is 2.15. The summed E-state index contributed by atoms with van der Waals surface area (Å²) in [7, 11) is 1.56. The number of rotatable bonds is 10. The van der Waals surface area contributed by atoms with Crippen molar-refractivity contribution in [3.05, 3.63) is 24.3 Å². The number of benzene rings is 1. The summed E-state index contributed by atoms with van der Waals surface area (Å²) >= 11 is 0. The van der Waals surface area contributed by atoms with E-state index < -0.39 is 12.0 Å². The largest absolute Gasteiger partial charge is 0.544 e. The van der Waals surface area contributed by atoms with Crippen LogP contribution in [0.5, 0.6) is 5.75 Å². The summed E-state index contributed by atoms with van der Waals surface area (Å²) in [5.74, 6) is -0.876. The van der Waals surface area contributed by atoms with E-state index in [1.807, 2.05) is 0 Å². The topological polar surface area (TPSA) is 109 Å². The lowest BCUT2D eigenvalue weighted by atomic mass is 10.2. The molecule has 0 unspecified atom stereocenters. The van der Waals surface area contributed by atoms with Gasteiger partial charge in [-0.15, -0.1) is 0 Å². The number of morpholine rings is 1. The molecule has 2 rings (SSSR count). The van der Waals surface area contributed by atoms with Gasteiger partial charge in [0.05, 0.1) is 45.8 Å². The van der Waals surface area contributed by atoms with Crippen LogP contribution in [0.15, 0.2) is 24.3 Å². The van der Waals surface area contributed by atoms with Gasteiger partial charge in [0, 0.05) is 12.1 Å². The second-order valence-electron chi connectivity index (χ2n) is 6.40. The molecule has 1 saturated heterocycles. The number of amides is 1. The summed E-state index contributed by atoms with van der Waals surface area (Å²) in [5.41, 5.74) is 0.601. The van der Waals surface area contributed by atoms with Gasteiger partial charge in [-0.1, -0.05) is 0 Å². The number of methoxy groups -OCH3 is 1. The normalized spacial score (nSPS) is 16.0. The first-order chi connectivity index (χ1) is 12.6. The van der Waals surface area contributed by atoms with E-state index in [1.54, 1.807) is 36.7 Å². The summed E-state index contributed by atoms with van der Waals surface area (Å²) < 4.78 is 10.4. The molecule has 144 valence electrons. The third-order valence-electron chi connectivity index (χ3n) is 4.47. The van der Waals surface area contributed by atoms with Gasteiger partial charge in [0.15, 0.2) is 0 Å². The number of quaternary nitrogens is 2. The molecule has 1 aliphatic rings. The van der Waals surface area contributed by atoms with Crippen LogP contribution in [0.4, 0.5) is 5.69 Å². The molecule has 8 nitrogen and oxygen atoms in total. The number of carbonyl (C=O) groups is 2. The lowest BCUT2D eigenvalue weighted by Gasteiger charge is -2.23. The van der Waals surface area contributed by atoms with Crippen LogP contribution in [0, 0.1) is 0 Å². The number of ether oxygens (including phenoxy) is 2. The van der Waals surface area contributed by atoms with Crippen molar-refractivity contribution < 1.29 is 34.4 Å². The van der Waals surface area contributed by atoms with Crippen molar-refractivity contribution in [2.24, 2.45) is 0 Å². The lowest BCUT2D eigenvalue weighted by molar-refractivity contribution is -0.909.